The maximum Gasteiger partial charge on any atom is 0.120 e. The lowest BCUT2D eigenvalue weighted by atomic mass is 10.0. The molecule has 2 rings (SSSR count). The number of nitrogens with two attached hydrogens (primary N) is 1. The van der Waals surface area contributed by atoms with Crippen LogP contribution in [0.2, 0.25) is 0 Å². The third-order valence-corrected chi connectivity index (χ3v) is 3.02. The number of nitrogens with zero attached hydrogens (tertiary/aromatic N) is 1. The summed E-state index contributed by atoms with van der Waals surface area (Å²) in [6.45, 7) is 0.943. The van der Waals surface area contributed by atoms with Crippen LogP contribution in [0.1, 0.15) is 5.56 Å². The SMILES string of the molecule is COc1ccc(-c2ccc(CN(C)C)cc2)c(N)c1. The van der Waals surface area contributed by atoms with Crippen molar-refractivity contribution in [1.82, 2.24) is 4.90 Å². The van der Waals surface area contributed by atoms with Gasteiger partial charge in [0.05, 0.1) is 7.11 Å². The zero-order chi connectivity index (χ0) is 13.8. The van der Waals surface area contributed by atoms with Crippen LogP contribution < -0.4 is 10.5 Å². The molecule has 2 aromatic carbocycles. The Kier molecular flexibility index (Phi) is 4.07. The smallest absolute Gasteiger partial charge is 0.120 e. The van der Waals surface area contributed by atoms with Gasteiger partial charge in [-0.25, -0.2) is 0 Å². The van der Waals surface area contributed by atoms with E-state index in [1.165, 1.54) is 5.56 Å². The van der Waals surface area contributed by atoms with Crippen molar-refractivity contribution in [2.45, 2.75) is 6.54 Å². The second-order valence-corrected chi connectivity index (χ2v) is 4.89. The van der Waals surface area contributed by atoms with Crippen molar-refractivity contribution in [2.24, 2.45) is 0 Å². The van der Waals surface area contributed by atoms with E-state index < -0.39 is 0 Å². The highest BCUT2D eigenvalue weighted by Gasteiger charge is 2.04. The van der Waals surface area contributed by atoms with Crippen molar-refractivity contribution in [3.63, 3.8) is 0 Å². The maximum absolute atomic E-state index is 6.06. The highest BCUT2D eigenvalue weighted by molar-refractivity contribution is 5.77. The molecule has 3 nitrogen and oxygen atoms in total. The van der Waals surface area contributed by atoms with E-state index in [1.807, 2.05) is 18.2 Å². The van der Waals surface area contributed by atoms with Crippen LogP contribution in [0.15, 0.2) is 42.5 Å². The fraction of sp³-hybridized carbons (Fsp3) is 0.250. The van der Waals surface area contributed by atoms with Crippen molar-refractivity contribution < 1.29 is 4.74 Å². The molecule has 100 valence electrons. The number of hydrogen-bond acceptors (Lipinski definition) is 3. The Morgan fingerprint density at radius 3 is 2.26 bits per heavy atom. The second-order valence-electron chi connectivity index (χ2n) is 4.89. The summed E-state index contributed by atoms with van der Waals surface area (Å²) < 4.78 is 5.16. The van der Waals surface area contributed by atoms with Gasteiger partial charge in [0.15, 0.2) is 0 Å². The molecule has 0 radical (unpaired) electrons. The van der Waals surface area contributed by atoms with Gasteiger partial charge < -0.3 is 15.4 Å². The lowest BCUT2D eigenvalue weighted by Crippen LogP contribution is -2.10. The molecule has 0 heterocycles. The monoisotopic (exact) mass is 256 g/mol. The molecule has 0 bridgehead atoms. The molecular formula is C16H20N2O. The van der Waals surface area contributed by atoms with Crippen molar-refractivity contribution in [3.8, 4) is 16.9 Å². The number of hydrogen-bond donors (Lipinski definition) is 1. The van der Waals surface area contributed by atoms with Gasteiger partial charge in [-0.05, 0) is 37.4 Å². The molecule has 0 atom stereocenters. The van der Waals surface area contributed by atoms with Gasteiger partial charge >= 0.3 is 0 Å². The minimum absolute atomic E-state index is 0.736. The first-order chi connectivity index (χ1) is 9.10. The molecule has 0 aliphatic carbocycles. The first-order valence-corrected chi connectivity index (χ1v) is 6.27. The Bertz CT molecular complexity index is 547. The van der Waals surface area contributed by atoms with Gasteiger partial charge in [-0.2, -0.15) is 0 Å². The van der Waals surface area contributed by atoms with Crippen LogP contribution in [0.25, 0.3) is 11.1 Å². The lowest BCUT2D eigenvalue weighted by Gasteiger charge is -2.11. The summed E-state index contributed by atoms with van der Waals surface area (Å²) in [7, 11) is 5.77. The topological polar surface area (TPSA) is 38.5 Å². The minimum atomic E-state index is 0.736. The van der Waals surface area contributed by atoms with Crippen molar-refractivity contribution in [3.05, 3.63) is 48.0 Å². The van der Waals surface area contributed by atoms with E-state index in [2.05, 4.69) is 43.3 Å². The molecule has 0 fully saturated rings. The van der Waals surface area contributed by atoms with Crippen molar-refractivity contribution >= 4 is 5.69 Å². The van der Waals surface area contributed by atoms with Gasteiger partial charge in [-0.3, -0.25) is 0 Å². The Hall–Kier alpha value is -2.00. The van der Waals surface area contributed by atoms with E-state index in [9.17, 15) is 0 Å². The summed E-state index contributed by atoms with van der Waals surface area (Å²) in [6.07, 6.45) is 0. The van der Waals surface area contributed by atoms with E-state index >= 15 is 0 Å². The summed E-state index contributed by atoms with van der Waals surface area (Å²) in [5.74, 6) is 0.783. The molecule has 0 aromatic heterocycles. The van der Waals surface area contributed by atoms with E-state index in [1.54, 1.807) is 7.11 Å². The predicted octanol–water partition coefficient (Wildman–Crippen LogP) is 3.01. The maximum atomic E-state index is 6.06. The van der Waals surface area contributed by atoms with E-state index in [0.717, 1.165) is 29.1 Å². The average Bonchev–Trinajstić information content (AvgIpc) is 2.39. The van der Waals surface area contributed by atoms with Crippen LogP contribution in [0.4, 0.5) is 5.69 Å². The van der Waals surface area contributed by atoms with Gasteiger partial charge in [-0.1, -0.05) is 24.3 Å². The quantitative estimate of drug-likeness (QED) is 0.855. The fourth-order valence-corrected chi connectivity index (χ4v) is 2.09. The minimum Gasteiger partial charge on any atom is -0.497 e. The van der Waals surface area contributed by atoms with Gasteiger partial charge in [-0.15, -0.1) is 0 Å². The fourth-order valence-electron chi connectivity index (χ4n) is 2.09. The molecule has 0 spiro atoms. The van der Waals surface area contributed by atoms with Crippen molar-refractivity contribution in [1.29, 1.82) is 0 Å². The molecule has 0 amide bonds. The van der Waals surface area contributed by atoms with E-state index in [0.29, 0.717) is 0 Å². The zero-order valence-corrected chi connectivity index (χ0v) is 11.7. The summed E-state index contributed by atoms with van der Waals surface area (Å²) in [5, 5.41) is 0. The highest BCUT2D eigenvalue weighted by atomic mass is 16.5. The number of benzene rings is 2. The number of anilines is 1. The standard InChI is InChI=1S/C16H20N2O/c1-18(2)11-12-4-6-13(7-5-12)15-9-8-14(19-3)10-16(15)17/h4-10H,11,17H2,1-3H3. The normalized spacial score (nSPS) is 10.7. The van der Waals surface area contributed by atoms with Gasteiger partial charge in [0.1, 0.15) is 5.75 Å². The third kappa shape index (κ3) is 3.26. The number of nitrogen functional groups attached to an aromatic ring is 1. The van der Waals surface area contributed by atoms with Crippen molar-refractivity contribution in [2.75, 3.05) is 26.9 Å². The molecule has 2 N–H and O–H groups in total. The average molecular weight is 256 g/mol. The van der Waals surface area contributed by atoms with Crippen LogP contribution in [-0.4, -0.2) is 26.1 Å². The molecule has 3 heteroatoms. The Morgan fingerprint density at radius 2 is 1.74 bits per heavy atom. The number of rotatable bonds is 4. The van der Waals surface area contributed by atoms with Crippen LogP contribution in [0.3, 0.4) is 0 Å². The summed E-state index contributed by atoms with van der Waals surface area (Å²) in [5.41, 5.74) is 10.3. The predicted molar refractivity (Wildman–Crippen MR) is 80.2 cm³/mol. The van der Waals surface area contributed by atoms with Crippen LogP contribution >= 0.6 is 0 Å². The second kappa shape index (κ2) is 5.76. The number of ether oxygens (including phenoxy) is 1. The first kappa shape index (κ1) is 13.4. The summed E-state index contributed by atoms with van der Waals surface area (Å²) in [4.78, 5) is 2.15. The van der Waals surface area contributed by atoms with Crippen LogP contribution in [0.5, 0.6) is 5.75 Å². The Balaban J connectivity index is 2.27. The molecule has 0 aliphatic heterocycles. The number of methoxy groups -OCH3 is 1. The molecule has 0 unspecified atom stereocenters. The highest BCUT2D eigenvalue weighted by Crippen LogP contribution is 2.29. The molecule has 19 heavy (non-hydrogen) atoms. The largest absolute Gasteiger partial charge is 0.497 e. The Morgan fingerprint density at radius 1 is 1.05 bits per heavy atom. The summed E-state index contributed by atoms with van der Waals surface area (Å²) in [6, 6.07) is 14.3. The van der Waals surface area contributed by atoms with Crippen LogP contribution in [0, 0.1) is 0 Å². The Labute approximate surface area is 114 Å². The van der Waals surface area contributed by atoms with Crippen LogP contribution in [-0.2, 0) is 6.54 Å². The van der Waals surface area contributed by atoms with Gasteiger partial charge in [0.2, 0.25) is 0 Å². The molecule has 0 saturated heterocycles. The van der Waals surface area contributed by atoms with E-state index in [-0.39, 0.29) is 0 Å². The lowest BCUT2D eigenvalue weighted by molar-refractivity contribution is 0.402. The third-order valence-electron chi connectivity index (χ3n) is 3.02. The van der Waals surface area contributed by atoms with Gasteiger partial charge in [0, 0.05) is 23.9 Å². The molecule has 2 aromatic rings. The van der Waals surface area contributed by atoms with E-state index in [4.69, 9.17) is 10.5 Å². The summed E-state index contributed by atoms with van der Waals surface area (Å²) >= 11 is 0. The molecule has 0 saturated carbocycles. The molecule has 0 aliphatic rings. The molecular weight excluding hydrogens is 236 g/mol. The van der Waals surface area contributed by atoms with Gasteiger partial charge in [0.25, 0.3) is 0 Å². The zero-order valence-electron chi connectivity index (χ0n) is 11.7. The first-order valence-electron chi connectivity index (χ1n) is 6.27.